The molecular weight excluding hydrogens is 288 g/mol. The fourth-order valence-corrected chi connectivity index (χ4v) is 3.34. The maximum atomic E-state index is 12.6. The van der Waals surface area contributed by atoms with Gasteiger partial charge in [0.05, 0.1) is 10.6 Å². The molecule has 0 spiro atoms. The Morgan fingerprint density at radius 2 is 1.86 bits per heavy atom. The number of rotatable bonds is 2. The van der Waals surface area contributed by atoms with Crippen LogP contribution in [0.1, 0.15) is 25.7 Å². The maximum Gasteiger partial charge on any atom is 0.242 e. The number of nitrogens with zero attached hydrogens (tertiary/aromatic N) is 3. The van der Waals surface area contributed by atoms with Crippen molar-refractivity contribution >= 4 is 23.3 Å². The van der Waals surface area contributed by atoms with Crippen molar-refractivity contribution in [2.45, 2.75) is 31.2 Å². The van der Waals surface area contributed by atoms with Crippen LogP contribution >= 0.6 is 11.6 Å². The van der Waals surface area contributed by atoms with E-state index in [9.17, 15) is 4.79 Å². The first-order chi connectivity index (χ1) is 10.1. The highest BCUT2D eigenvalue weighted by Gasteiger charge is 2.40. The summed E-state index contributed by atoms with van der Waals surface area (Å²) in [7, 11) is 0. The van der Waals surface area contributed by atoms with Gasteiger partial charge in [-0.05, 0) is 25.0 Å². The second kappa shape index (κ2) is 5.81. The second-order valence-corrected chi connectivity index (χ2v) is 6.41. The van der Waals surface area contributed by atoms with Crippen LogP contribution in [-0.4, -0.2) is 47.5 Å². The van der Waals surface area contributed by atoms with Gasteiger partial charge in [-0.1, -0.05) is 24.4 Å². The van der Waals surface area contributed by atoms with Gasteiger partial charge in [0.25, 0.3) is 0 Å². The normalized spacial score (nSPS) is 21.6. The van der Waals surface area contributed by atoms with Crippen molar-refractivity contribution in [1.29, 1.82) is 0 Å². The van der Waals surface area contributed by atoms with Crippen LogP contribution in [-0.2, 0) is 4.79 Å². The fourth-order valence-electron chi connectivity index (χ4n) is 3.23. The molecule has 1 aromatic rings. The standard InChI is InChI=1S/C15H21ClN4O/c16-12-3-4-13(18-11-12)19-7-9-20(10-8-19)14(21)15(17)5-1-2-6-15/h3-4,11H,1-2,5-10,17H2. The topological polar surface area (TPSA) is 62.5 Å². The Bertz CT molecular complexity index is 505. The van der Waals surface area contributed by atoms with Crippen LogP contribution in [0.3, 0.4) is 0 Å². The smallest absolute Gasteiger partial charge is 0.242 e. The fraction of sp³-hybridized carbons (Fsp3) is 0.600. The molecule has 2 aliphatic rings. The first kappa shape index (κ1) is 14.6. The molecule has 2 fully saturated rings. The Kier molecular flexibility index (Phi) is 4.04. The number of halogens is 1. The number of hydrogen-bond donors (Lipinski definition) is 1. The van der Waals surface area contributed by atoms with Crippen LogP contribution < -0.4 is 10.6 Å². The summed E-state index contributed by atoms with van der Waals surface area (Å²) in [5.41, 5.74) is 5.65. The van der Waals surface area contributed by atoms with Crippen LogP contribution in [0.4, 0.5) is 5.82 Å². The molecular formula is C15H21ClN4O. The average Bonchev–Trinajstić information content (AvgIpc) is 2.96. The Morgan fingerprint density at radius 1 is 1.19 bits per heavy atom. The number of amides is 1. The SMILES string of the molecule is NC1(C(=O)N2CCN(c3ccc(Cl)cn3)CC2)CCCC1. The van der Waals surface area contributed by atoms with Gasteiger partial charge in [-0.25, -0.2) is 4.98 Å². The molecule has 114 valence electrons. The highest BCUT2D eigenvalue weighted by molar-refractivity contribution is 6.30. The van der Waals surface area contributed by atoms with Gasteiger partial charge in [0.1, 0.15) is 5.82 Å². The number of piperazine rings is 1. The van der Waals surface area contributed by atoms with E-state index in [0.717, 1.165) is 44.6 Å². The van der Waals surface area contributed by atoms with Crippen molar-refractivity contribution in [2.75, 3.05) is 31.1 Å². The molecule has 1 aromatic heterocycles. The lowest BCUT2D eigenvalue weighted by atomic mass is 9.97. The molecule has 1 aliphatic heterocycles. The van der Waals surface area contributed by atoms with Gasteiger partial charge in [-0.2, -0.15) is 0 Å². The van der Waals surface area contributed by atoms with E-state index >= 15 is 0 Å². The van der Waals surface area contributed by atoms with E-state index in [-0.39, 0.29) is 5.91 Å². The van der Waals surface area contributed by atoms with Crippen LogP contribution in [0.2, 0.25) is 5.02 Å². The largest absolute Gasteiger partial charge is 0.353 e. The number of aromatic nitrogens is 1. The lowest BCUT2D eigenvalue weighted by Gasteiger charge is -2.38. The summed E-state index contributed by atoms with van der Waals surface area (Å²) in [6, 6.07) is 3.76. The molecule has 1 saturated carbocycles. The molecule has 5 nitrogen and oxygen atoms in total. The number of nitrogens with two attached hydrogens (primary N) is 1. The summed E-state index contributed by atoms with van der Waals surface area (Å²) >= 11 is 5.86. The number of pyridine rings is 1. The predicted molar refractivity (Wildman–Crippen MR) is 83.4 cm³/mol. The Morgan fingerprint density at radius 3 is 2.43 bits per heavy atom. The van der Waals surface area contributed by atoms with Crippen LogP contribution in [0.5, 0.6) is 0 Å². The van der Waals surface area contributed by atoms with Gasteiger partial charge in [0.2, 0.25) is 5.91 Å². The van der Waals surface area contributed by atoms with Crippen molar-refractivity contribution in [1.82, 2.24) is 9.88 Å². The predicted octanol–water partition coefficient (Wildman–Crippen LogP) is 1.66. The average molecular weight is 309 g/mol. The van der Waals surface area contributed by atoms with Gasteiger partial charge in [0, 0.05) is 32.4 Å². The van der Waals surface area contributed by atoms with Crippen LogP contribution in [0.15, 0.2) is 18.3 Å². The molecule has 0 atom stereocenters. The van der Waals surface area contributed by atoms with Crippen molar-refractivity contribution in [3.63, 3.8) is 0 Å². The number of anilines is 1. The minimum absolute atomic E-state index is 0.128. The van der Waals surface area contributed by atoms with Gasteiger partial charge in [-0.15, -0.1) is 0 Å². The van der Waals surface area contributed by atoms with Gasteiger partial charge in [-0.3, -0.25) is 4.79 Å². The van der Waals surface area contributed by atoms with E-state index in [4.69, 9.17) is 17.3 Å². The molecule has 1 saturated heterocycles. The molecule has 2 heterocycles. The minimum atomic E-state index is -0.610. The van der Waals surface area contributed by atoms with Crippen molar-refractivity contribution in [2.24, 2.45) is 5.73 Å². The summed E-state index contributed by atoms with van der Waals surface area (Å²) in [4.78, 5) is 21.0. The summed E-state index contributed by atoms with van der Waals surface area (Å²) in [5, 5.41) is 0.638. The molecule has 0 bridgehead atoms. The molecule has 1 amide bonds. The first-order valence-corrected chi connectivity index (χ1v) is 7.91. The molecule has 0 radical (unpaired) electrons. The number of carbonyl (C=O) groups excluding carboxylic acids is 1. The summed E-state index contributed by atoms with van der Waals surface area (Å²) < 4.78 is 0. The van der Waals surface area contributed by atoms with E-state index in [2.05, 4.69) is 9.88 Å². The van der Waals surface area contributed by atoms with Gasteiger partial charge >= 0.3 is 0 Å². The minimum Gasteiger partial charge on any atom is -0.353 e. The number of carbonyl (C=O) groups is 1. The highest BCUT2D eigenvalue weighted by atomic mass is 35.5. The molecule has 2 N–H and O–H groups in total. The molecule has 21 heavy (non-hydrogen) atoms. The first-order valence-electron chi connectivity index (χ1n) is 7.53. The maximum absolute atomic E-state index is 12.6. The molecule has 0 aromatic carbocycles. The Labute approximate surface area is 130 Å². The third-order valence-corrected chi connectivity index (χ3v) is 4.75. The molecule has 3 rings (SSSR count). The van der Waals surface area contributed by atoms with Crippen LogP contribution in [0.25, 0.3) is 0 Å². The van der Waals surface area contributed by atoms with Crippen LogP contribution in [0, 0.1) is 0 Å². The van der Waals surface area contributed by atoms with Crippen molar-refractivity contribution in [3.05, 3.63) is 23.4 Å². The lowest BCUT2D eigenvalue weighted by molar-refractivity contribution is -0.137. The third-order valence-electron chi connectivity index (χ3n) is 4.52. The summed E-state index contributed by atoms with van der Waals surface area (Å²) in [6.07, 6.45) is 5.44. The molecule has 0 unspecified atom stereocenters. The van der Waals surface area contributed by atoms with E-state index in [0.29, 0.717) is 18.1 Å². The van der Waals surface area contributed by atoms with Crippen molar-refractivity contribution < 1.29 is 4.79 Å². The van der Waals surface area contributed by atoms with E-state index in [1.807, 2.05) is 17.0 Å². The summed E-state index contributed by atoms with van der Waals surface area (Å²) in [5.74, 6) is 1.04. The summed E-state index contributed by atoms with van der Waals surface area (Å²) in [6.45, 7) is 3.00. The zero-order valence-corrected chi connectivity index (χ0v) is 12.9. The highest BCUT2D eigenvalue weighted by Crippen LogP contribution is 2.29. The zero-order chi connectivity index (χ0) is 14.9. The van der Waals surface area contributed by atoms with Gasteiger partial charge < -0.3 is 15.5 Å². The monoisotopic (exact) mass is 308 g/mol. The van der Waals surface area contributed by atoms with Crippen molar-refractivity contribution in [3.8, 4) is 0 Å². The van der Waals surface area contributed by atoms with Gasteiger partial charge in [0.15, 0.2) is 0 Å². The third kappa shape index (κ3) is 2.99. The second-order valence-electron chi connectivity index (χ2n) is 5.98. The Hall–Kier alpha value is -1.33. The quantitative estimate of drug-likeness (QED) is 0.902. The molecule has 6 heteroatoms. The van der Waals surface area contributed by atoms with E-state index in [1.54, 1.807) is 6.20 Å². The Balaban J connectivity index is 1.60. The van der Waals surface area contributed by atoms with E-state index < -0.39 is 5.54 Å². The lowest BCUT2D eigenvalue weighted by Crippen LogP contribution is -2.58. The number of hydrogen-bond acceptors (Lipinski definition) is 4. The van der Waals surface area contributed by atoms with E-state index in [1.165, 1.54) is 0 Å². The zero-order valence-electron chi connectivity index (χ0n) is 12.1. The molecule has 1 aliphatic carbocycles.